The molecule has 0 aliphatic carbocycles. The van der Waals surface area contributed by atoms with Gasteiger partial charge in [-0.1, -0.05) is 42.5 Å². The third-order valence-corrected chi connectivity index (χ3v) is 6.96. The van der Waals surface area contributed by atoms with E-state index in [1.54, 1.807) is 49.3 Å². The van der Waals surface area contributed by atoms with Gasteiger partial charge in [0.05, 0.1) is 36.4 Å². The number of aliphatic imine (C=N–C) groups is 1. The molecule has 1 saturated heterocycles. The van der Waals surface area contributed by atoms with Gasteiger partial charge in [-0.25, -0.2) is 9.79 Å². The Balaban J connectivity index is 1.40. The summed E-state index contributed by atoms with van der Waals surface area (Å²) in [7, 11) is 1.62. The second-order valence-electron chi connectivity index (χ2n) is 8.58. The Labute approximate surface area is 230 Å². The zero-order valence-corrected chi connectivity index (χ0v) is 22.3. The number of amidine groups is 1. The highest BCUT2D eigenvalue weighted by molar-refractivity contribution is 8.18. The summed E-state index contributed by atoms with van der Waals surface area (Å²) in [4.78, 5) is 32.4. The highest BCUT2D eigenvalue weighted by Crippen LogP contribution is 2.36. The van der Waals surface area contributed by atoms with Gasteiger partial charge in [-0.2, -0.15) is 0 Å². The van der Waals surface area contributed by atoms with Gasteiger partial charge in [0.1, 0.15) is 17.3 Å². The van der Waals surface area contributed by atoms with Crippen LogP contribution in [0.1, 0.15) is 28.6 Å². The number of nitrogens with zero attached hydrogens (tertiary/aromatic N) is 2. The van der Waals surface area contributed by atoms with E-state index in [1.807, 2.05) is 66.7 Å². The molecule has 7 nitrogen and oxygen atoms in total. The molecule has 196 valence electrons. The topological polar surface area (TPSA) is 81.3 Å². The van der Waals surface area contributed by atoms with Crippen molar-refractivity contribution < 1.29 is 23.5 Å². The van der Waals surface area contributed by atoms with Gasteiger partial charge in [-0.3, -0.25) is 9.69 Å². The van der Waals surface area contributed by atoms with Gasteiger partial charge < -0.3 is 13.9 Å². The van der Waals surface area contributed by atoms with Gasteiger partial charge in [-0.05, 0) is 72.8 Å². The van der Waals surface area contributed by atoms with Crippen molar-refractivity contribution in [2.75, 3.05) is 13.7 Å². The molecule has 0 atom stereocenters. The molecule has 3 aromatic carbocycles. The smallest absolute Gasteiger partial charge is 0.338 e. The maximum Gasteiger partial charge on any atom is 0.338 e. The van der Waals surface area contributed by atoms with E-state index in [2.05, 4.69) is 0 Å². The number of benzene rings is 3. The molecule has 1 aromatic heterocycles. The van der Waals surface area contributed by atoms with E-state index >= 15 is 0 Å². The van der Waals surface area contributed by atoms with E-state index < -0.39 is 0 Å². The monoisotopic (exact) mass is 538 g/mol. The molecule has 1 fully saturated rings. The van der Waals surface area contributed by atoms with E-state index in [4.69, 9.17) is 18.9 Å². The third-order valence-electron chi connectivity index (χ3n) is 5.95. The van der Waals surface area contributed by atoms with Crippen LogP contribution < -0.4 is 4.74 Å². The number of amides is 1. The number of carbonyl (C=O) groups excluding carboxylic acids is 2. The lowest BCUT2D eigenvalue weighted by molar-refractivity contribution is -0.122. The summed E-state index contributed by atoms with van der Waals surface area (Å²) < 4.78 is 16.3. The molecule has 8 heteroatoms. The Morgan fingerprint density at radius 2 is 1.72 bits per heavy atom. The van der Waals surface area contributed by atoms with Gasteiger partial charge in [-0.15, -0.1) is 0 Å². The molecule has 1 aliphatic heterocycles. The van der Waals surface area contributed by atoms with Crippen molar-refractivity contribution in [2.24, 2.45) is 4.99 Å². The minimum Gasteiger partial charge on any atom is -0.497 e. The summed E-state index contributed by atoms with van der Waals surface area (Å²) in [6.07, 6.45) is 1.73. The second-order valence-corrected chi connectivity index (χ2v) is 9.59. The number of ether oxygens (including phenoxy) is 2. The third kappa shape index (κ3) is 6.13. The molecular formula is C31H26N2O5S. The largest absolute Gasteiger partial charge is 0.497 e. The van der Waals surface area contributed by atoms with Crippen LogP contribution in [-0.4, -0.2) is 35.7 Å². The Morgan fingerprint density at radius 3 is 2.41 bits per heavy atom. The van der Waals surface area contributed by atoms with Crippen LogP contribution in [0.4, 0.5) is 5.69 Å². The van der Waals surface area contributed by atoms with Gasteiger partial charge in [0.2, 0.25) is 0 Å². The number of hydrogen-bond acceptors (Lipinski definition) is 7. The molecule has 0 saturated carbocycles. The number of furan rings is 1. The average Bonchev–Trinajstić information content (AvgIpc) is 3.55. The van der Waals surface area contributed by atoms with Crippen LogP contribution in [0.5, 0.6) is 5.75 Å². The number of hydrogen-bond donors (Lipinski definition) is 0. The summed E-state index contributed by atoms with van der Waals surface area (Å²) in [6.45, 7) is 2.46. The molecule has 0 radical (unpaired) electrons. The number of carbonyl (C=O) groups is 2. The fourth-order valence-corrected chi connectivity index (χ4v) is 4.94. The highest BCUT2D eigenvalue weighted by Gasteiger charge is 2.34. The molecule has 0 unspecified atom stereocenters. The first-order chi connectivity index (χ1) is 19.0. The van der Waals surface area contributed by atoms with E-state index in [9.17, 15) is 9.59 Å². The molecule has 0 N–H and O–H groups in total. The standard InChI is InChI=1S/C31H26N2O5S/c1-3-37-30(35)23-13-11-22(12-14-23)27-18-17-26(38-27)19-28-29(34)33(20-21-9-15-25(36-2)16-10-21)31(39-28)32-24-7-5-4-6-8-24/h4-19H,3,20H2,1-2H3. The summed E-state index contributed by atoms with van der Waals surface area (Å²) in [5.41, 5.74) is 3.01. The average molecular weight is 539 g/mol. The lowest BCUT2D eigenvalue weighted by Gasteiger charge is -2.16. The first kappa shape index (κ1) is 26.1. The fraction of sp³-hybridized carbons (Fsp3) is 0.129. The Hall–Kier alpha value is -4.56. The molecule has 1 aliphatic rings. The van der Waals surface area contributed by atoms with Crippen LogP contribution in [0.3, 0.4) is 0 Å². The van der Waals surface area contributed by atoms with Crippen molar-refractivity contribution in [3.8, 4) is 17.1 Å². The van der Waals surface area contributed by atoms with Crippen LogP contribution >= 0.6 is 11.8 Å². The normalized spacial score (nSPS) is 15.2. The number of rotatable bonds is 8. The summed E-state index contributed by atoms with van der Waals surface area (Å²) >= 11 is 1.31. The Morgan fingerprint density at radius 1 is 0.974 bits per heavy atom. The Kier molecular flexibility index (Phi) is 7.94. The first-order valence-electron chi connectivity index (χ1n) is 12.4. The fourth-order valence-electron chi connectivity index (χ4n) is 3.96. The summed E-state index contributed by atoms with van der Waals surface area (Å²) in [6, 6.07) is 27.8. The molecule has 0 bridgehead atoms. The quantitative estimate of drug-likeness (QED) is 0.179. The zero-order chi connectivity index (χ0) is 27.2. The van der Waals surface area contributed by atoms with Crippen molar-refractivity contribution in [1.29, 1.82) is 0 Å². The first-order valence-corrected chi connectivity index (χ1v) is 13.2. The van der Waals surface area contributed by atoms with E-state index in [0.717, 1.165) is 22.6 Å². The maximum atomic E-state index is 13.5. The summed E-state index contributed by atoms with van der Waals surface area (Å²) in [5.74, 6) is 1.41. The summed E-state index contributed by atoms with van der Waals surface area (Å²) in [5, 5.41) is 0.592. The molecule has 39 heavy (non-hydrogen) atoms. The van der Waals surface area contributed by atoms with Crippen LogP contribution in [0, 0.1) is 0 Å². The minimum atomic E-state index is -0.363. The van der Waals surface area contributed by atoms with E-state index in [1.165, 1.54) is 11.8 Å². The SMILES string of the molecule is CCOC(=O)c1ccc(-c2ccc(C=C3SC(=Nc4ccccc4)N(Cc4ccc(OC)cc4)C3=O)o2)cc1. The van der Waals surface area contributed by atoms with E-state index in [-0.39, 0.29) is 11.9 Å². The lowest BCUT2D eigenvalue weighted by Crippen LogP contribution is -2.28. The molecule has 0 spiro atoms. The molecule has 5 rings (SSSR count). The van der Waals surface area contributed by atoms with Gasteiger partial charge >= 0.3 is 5.97 Å². The van der Waals surface area contributed by atoms with Crippen LogP contribution in [0.2, 0.25) is 0 Å². The van der Waals surface area contributed by atoms with Crippen molar-refractivity contribution in [2.45, 2.75) is 13.5 Å². The number of methoxy groups -OCH3 is 1. The molecular weight excluding hydrogens is 512 g/mol. The van der Waals surface area contributed by atoms with E-state index in [0.29, 0.717) is 40.3 Å². The molecule has 1 amide bonds. The van der Waals surface area contributed by atoms with Gasteiger partial charge in [0.15, 0.2) is 5.17 Å². The molecule has 2 heterocycles. The number of esters is 1. The van der Waals surface area contributed by atoms with Crippen LogP contribution in [0.15, 0.2) is 105 Å². The van der Waals surface area contributed by atoms with Crippen LogP contribution in [0.25, 0.3) is 17.4 Å². The lowest BCUT2D eigenvalue weighted by atomic mass is 10.1. The molecule has 4 aromatic rings. The van der Waals surface area contributed by atoms with Gasteiger partial charge in [0.25, 0.3) is 5.91 Å². The van der Waals surface area contributed by atoms with Crippen molar-refractivity contribution in [3.63, 3.8) is 0 Å². The predicted octanol–water partition coefficient (Wildman–Crippen LogP) is 6.94. The van der Waals surface area contributed by atoms with Gasteiger partial charge in [0, 0.05) is 11.6 Å². The number of para-hydroxylation sites is 1. The van der Waals surface area contributed by atoms with Crippen molar-refractivity contribution in [1.82, 2.24) is 4.90 Å². The van der Waals surface area contributed by atoms with Crippen molar-refractivity contribution in [3.05, 3.63) is 113 Å². The predicted molar refractivity (Wildman–Crippen MR) is 153 cm³/mol. The van der Waals surface area contributed by atoms with Crippen LogP contribution in [-0.2, 0) is 16.1 Å². The minimum absolute atomic E-state index is 0.151. The number of thioether (sulfide) groups is 1. The van der Waals surface area contributed by atoms with Crippen molar-refractivity contribution >= 4 is 40.6 Å². The maximum absolute atomic E-state index is 13.5. The Bertz CT molecular complexity index is 1520. The zero-order valence-electron chi connectivity index (χ0n) is 21.5. The second kappa shape index (κ2) is 11.9. The highest BCUT2D eigenvalue weighted by atomic mass is 32.2.